The third kappa shape index (κ3) is 3.49. The van der Waals surface area contributed by atoms with E-state index in [1.807, 2.05) is 0 Å². The van der Waals surface area contributed by atoms with Gasteiger partial charge in [0, 0.05) is 32.4 Å². The fourth-order valence-corrected chi connectivity index (χ4v) is 3.69. The molecule has 22 heavy (non-hydrogen) atoms. The van der Waals surface area contributed by atoms with Crippen LogP contribution < -0.4 is 0 Å². The Labute approximate surface area is 132 Å². The summed E-state index contributed by atoms with van der Waals surface area (Å²) in [5, 5.41) is 9.49. The Morgan fingerprint density at radius 2 is 2.00 bits per heavy atom. The summed E-state index contributed by atoms with van der Waals surface area (Å²) < 4.78 is 7.41. The standard InChI is InChI=1S/C16H25NO4Si/c1-11-14-12(6-5-7-13(14)18)17(15(11)16(19)20)10-21-8-9-22(2,3)4/h5-10H2,1-4H3,(H,19,20). The zero-order valence-electron chi connectivity index (χ0n) is 13.9. The van der Waals surface area contributed by atoms with Gasteiger partial charge in [-0.05, 0) is 31.4 Å². The highest BCUT2D eigenvalue weighted by Gasteiger charge is 2.30. The zero-order valence-corrected chi connectivity index (χ0v) is 14.9. The van der Waals surface area contributed by atoms with E-state index in [4.69, 9.17) is 4.74 Å². The number of aromatic carboxylic acids is 1. The summed E-state index contributed by atoms with van der Waals surface area (Å²) in [5.41, 5.74) is 2.23. The first-order valence-corrected chi connectivity index (χ1v) is 11.5. The van der Waals surface area contributed by atoms with Crippen LogP contribution in [-0.4, -0.2) is 36.1 Å². The smallest absolute Gasteiger partial charge is 0.352 e. The van der Waals surface area contributed by atoms with Crippen molar-refractivity contribution in [1.82, 2.24) is 4.57 Å². The third-order valence-corrected chi connectivity index (χ3v) is 5.83. The maximum Gasteiger partial charge on any atom is 0.352 e. The van der Waals surface area contributed by atoms with Crippen LogP contribution in [0.25, 0.3) is 0 Å². The van der Waals surface area contributed by atoms with Gasteiger partial charge < -0.3 is 14.4 Å². The molecule has 1 N–H and O–H groups in total. The molecule has 0 aromatic carbocycles. The summed E-state index contributed by atoms with van der Waals surface area (Å²) >= 11 is 0. The average molecular weight is 323 g/mol. The van der Waals surface area contributed by atoms with Gasteiger partial charge in [-0.1, -0.05) is 19.6 Å². The van der Waals surface area contributed by atoms with Gasteiger partial charge in [-0.25, -0.2) is 4.79 Å². The Kier molecular flexibility index (Phi) is 4.92. The molecule has 122 valence electrons. The topological polar surface area (TPSA) is 68.5 Å². The van der Waals surface area contributed by atoms with Crippen LogP contribution in [0.5, 0.6) is 0 Å². The second kappa shape index (κ2) is 6.38. The van der Waals surface area contributed by atoms with E-state index in [2.05, 4.69) is 19.6 Å². The van der Waals surface area contributed by atoms with E-state index in [-0.39, 0.29) is 18.2 Å². The second-order valence-corrected chi connectivity index (χ2v) is 12.8. The molecule has 6 heteroatoms. The number of ketones is 1. The quantitative estimate of drug-likeness (QED) is 0.644. The Morgan fingerprint density at radius 1 is 1.32 bits per heavy atom. The minimum atomic E-state index is -1.17. The van der Waals surface area contributed by atoms with Crippen molar-refractivity contribution >= 4 is 19.8 Å². The Balaban J connectivity index is 2.24. The summed E-state index contributed by atoms with van der Waals surface area (Å²) in [5.74, 6) is -0.935. The molecular formula is C16H25NO4Si. The normalized spacial score (nSPS) is 15.0. The van der Waals surface area contributed by atoms with E-state index in [0.29, 0.717) is 24.2 Å². The summed E-state index contributed by atoms with van der Waals surface area (Å²) in [6.07, 6.45) is 2.03. The molecule has 0 aliphatic heterocycles. The number of carbonyl (C=O) groups is 2. The number of hydrogen-bond donors (Lipinski definition) is 1. The van der Waals surface area contributed by atoms with Gasteiger partial charge in [0.05, 0.1) is 0 Å². The van der Waals surface area contributed by atoms with Gasteiger partial charge in [0.2, 0.25) is 0 Å². The molecule has 1 aromatic heterocycles. The van der Waals surface area contributed by atoms with Crippen molar-refractivity contribution in [1.29, 1.82) is 0 Å². The third-order valence-electron chi connectivity index (χ3n) is 4.13. The fourth-order valence-electron chi connectivity index (χ4n) is 2.93. The minimum absolute atomic E-state index is 0.0575. The van der Waals surface area contributed by atoms with Crippen LogP contribution in [0.2, 0.25) is 25.7 Å². The van der Waals surface area contributed by atoms with Gasteiger partial charge in [0.1, 0.15) is 12.4 Å². The summed E-state index contributed by atoms with van der Waals surface area (Å²) in [7, 11) is -1.17. The fraction of sp³-hybridized carbons (Fsp3) is 0.625. The highest BCUT2D eigenvalue weighted by Crippen LogP contribution is 2.30. The molecular weight excluding hydrogens is 298 g/mol. The molecule has 1 aromatic rings. The number of carbonyl (C=O) groups excluding carboxylic acids is 1. The van der Waals surface area contributed by atoms with Crippen LogP contribution in [0.3, 0.4) is 0 Å². The molecule has 0 atom stereocenters. The predicted molar refractivity (Wildman–Crippen MR) is 87.5 cm³/mol. The lowest BCUT2D eigenvalue weighted by atomic mass is 9.94. The van der Waals surface area contributed by atoms with Crippen LogP contribution in [-0.2, 0) is 17.9 Å². The maximum atomic E-state index is 12.1. The van der Waals surface area contributed by atoms with Crippen molar-refractivity contribution < 1.29 is 19.4 Å². The van der Waals surface area contributed by atoms with E-state index >= 15 is 0 Å². The first-order chi connectivity index (χ1) is 10.2. The van der Waals surface area contributed by atoms with Gasteiger partial charge in [-0.3, -0.25) is 4.79 Å². The number of carboxylic acids is 1. The molecule has 0 bridgehead atoms. The number of nitrogens with zero attached hydrogens (tertiary/aromatic N) is 1. The SMILES string of the molecule is Cc1c2c(n(COCC[Si](C)(C)C)c1C(=O)O)CCCC2=O. The Hall–Kier alpha value is -1.40. The predicted octanol–water partition coefficient (Wildman–Crippen LogP) is 3.33. The molecule has 1 aliphatic rings. The van der Waals surface area contributed by atoms with E-state index in [0.717, 1.165) is 24.6 Å². The van der Waals surface area contributed by atoms with Crippen LogP contribution in [0.1, 0.15) is 44.9 Å². The zero-order chi connectivity index (χ0) is 16.5. The first-order valence-electron chi connectivity index (χ1n) is 7.78. The van der Waals surface area contributed by atoms with Crippen LogP contribution in [0, 0.1) is 6.92 Å². The minimum Gasteiger partial charge on any atom is -0.477 e. The van der Waals surface area contributed by atoms with Crippen molar-refractivity contribution in [3.8, 4) is 0 Å². The maximum absolute atomic E-state index is 12.1. The highest BCUT2D eigenvalue weighted by atomic mass is 28.3. The monoisotopic (exact) mass is 323 g/mol. The van der Waals surface area contributed by atoms with E-state index in [9.17, 15) is 14.7 Å². The Bertz CT molecular complexity index is 598. The second-order valence-electron chi connectivity index (χ2n) is 7.15. The lowest BCUT2D eigenvalue weighted by molar-refractivity contribution is 0.0614. The van der Waals surface area contributed by atoms with Gasteiger partial charge in [-0.2, -0.15) is 0 Å². The summed E-state index contributed by atoms with van der Waals surface area (Å²) in [6.45, 7) is 9.41. The van der Waals surface area contributed by atoms with Crippen molar-refractivity contribution in [2.45, 2.75) is 58.6 Å². The van der Waals surface area contributed by atoms with Gasteiger partial charge in [0.25, 0.3) is 0 Å². The molecule has 0 saturated heterocycles. The molecule has 1 heterocycles. The van der Waals surface area contributed by atoms with Gasteiger partial charge in [-0.15, -0.1) is 0 Å². The molecule has 0 fully saturated rings. The number of carboxylic acid groups (broad SMARTS) is 1. The van der Waals surface area contributed by atoms with E-state index in [1.54, 1.807) is 11.5 Å². The van der Waals surface area contributed by atoms with Gasteiger partial charge in [0.15, 0.2) is 5.78 Å². The molecule has 0 radical (unpaired) electrons. The number of rotatable bonds is 6. The number of Topliss-reactive ketones (excluding diaryl/α,β-unsaturated/α-hetero) is 1. The number of ether oxygens (including phenoxy) is 1. The van der Waals surface area contributed by atoms with Crippen molar-refractivity contribution in [3.05, 3.63) is 22.5 Å². The number of aromatic nitrogens is 1. The molecule has 0 amide bonds. The molecule has 1 aliphatic carbocycles. The molecule has 5 nitrogen and oxygen atoms in total. The number of fused-ring (bicyclic) bond motifs is 1. The largest absolute Gasteiger partial charge is 0.477 e. The molecule has 0 unspecified atom stereocenters. The Morgan fingerprint density at radius 3 is 2.59 bits per heavy atom. The lowest BCUT2D eigenvalue weighted by Crippen LogP contribution is -2.23. The van der Waals surface area contributed by atoms with Crippen molar-refractivity contribution in [2.75, 3.05) is 6.61 Å². The summed E-state index contributed by atoms with van der Waals surface area (Å²) in [4.78, 5) is 23.7. The molecule has 0 saturated carbocycles. The lowest BCUT2D eigenvalue weighted by Gasteiger charge is -2.18. The number of hydrogen-bond acceptors (Lipinski definition) is 3. The van der Waals surface area contributed by atoms with Gasteiger partial charge >= 0.3 is 5.97 Å². The molecule has 2 rings (SSSR count). The van der Waals surface area contributed by atoms with Crippen molar-refractivity contribution in [3.63, 3.8) is 0 Å². The van der Waals surface area contributed by atoms with Crippen molar-refractivity contribution in [2.24, 2.45) is 0 Å². The van der Waals surface area contributed by atoms with E-state index in [1.165, 1.54) is 0 Å². The van der Waals surface area contributed by atoms with E-state index < -0.39 is 14.0 Å². The highest BCUT2D eigenvalue weighted by molar-refractivity contribution is 6.76. The summed E-state index contributed by atoms with van der Waals surface area (Å²) in [6, 6.07) is 1.04. The average Bonchev–Trinajstić information content (AvgIpc) is 2.68. The van der Waals surface area contributed by atoms with Crippen LogP contribution in [0.15, 0.2) is 0 Å². The first kappa shape index (κ1) is 17.0. The van der Waals surface area contributed by atoms with Crippen LogP contribution >= 0.6 is 0 Å². The molecule has 0 spiro atoms. The van der Waals surface area contributed by atoms with Crippen LogP contribution in [0.4, 0.5) is 0 Å².